The van der Waals surface area contributed by atoms with Crippen molar-refractivity contribution in [2.45, 2.75) is 31.2 Å². The molecule has 0 bridgehead atoms. The summed E-state index contributed by atoms with van der Waals surface area (Å²) in [5, 5.41) is 8.25. The second-order valence-electron chi connectivity index (χ2n) is 7.15. The Bertz CT molecular complexity index is 946. The van der Waals surface area contributed by atoms with Gasteiger partial charge in [0.2, 0.25) is 5.91 Å². The number of piperidine rings is 1. The van der Waals surface area contributed by atoms with Gasteiger partial charge in [-0.2, -0.15) is 5.10 Å². The number of halogens is 1. The summed E-state index contributed by atoms with van der Waals surface area (Å²) in [4.78, 5) is 14.6. The summed E-state index contributed by atoms with van der Waals surface area (Å²) >= 11 is 0. The number of rotatable bonds is 4. The van der Waals surface area contributed by atoms with Crippen LogP contribution in [0.2, 0.25) is 0 Å². The lowest BCUT2D eigenvalue weighted by molar-refractivity contribution is -0.133. The molecule has 1 fully saturated rings. The summed E-state index contributed by atoms with van der Waals surface area (Å²) in [6, 6.07) is 14.1. The molecule has 0 spiro atoms. The van der Waals surface area contributed by atoms with Gasteiger partial charge in [-0.1, -0.05) is 36.4 Å². The normalized spacial score (nSPS) is 16.6. The molecule has 1 saturated heterocycles. The van der Waals surface area contributed by atoms with Crippen molar-refractivity contribution >= 4 is 16.8 Å². The molecule has 1 atom stereocenters. The van der Waals surface area contributed by atoms with Crippen LogP contribution in [0, 0.1) is 5.82 Å². The number of nitrogens with zero attached hydrogens (tertiary/aromatic N) is 2. The molecular formula is C21H23FN4O. The zero-order valence-electron chi connectivity index (χ0n) is 15.1. The Morgan fingerprint density at radius 3 is 2.67 bits per heavy atom. The van der Waals surface area contributed by atoms with E-state index in [4.69, 9.17) is 5.73 Å². The molecule has 1 aromatic heterocycles. The van der Waals surface area contributed by atoms with Gasteiger partial charge in [-0.3, -0.25) is 9.89 Å². The van der Waals surface area contributed by atoms with E-state index in [9.17, 15) is 9.18 Å². The molecular weight excluding hydrogens is 343 g/mol. The van der Waals surface area contributed by atoms with Crippen LogP contribution < -0.4 is 5.73 Å². The van der Waals surface area contributed by atoms with Gasteiger partial charge < -0.3 is 10.6 Å². The van der Waals surface area contributed by atoms with Crippen molar-refractivity contribution in [3.63, 3.8) is 0 Å². The smallest absolute Gasteiger partial charge is 0.239 e. The summed E-state index contributed by atoms with van der Waals surface area (Å²) < 4.78 is 14.0. The molecule has 0 saturated carbocycles. The monoisotopic (exact) mass is 366 g/mol. The highest BCUT2D eigenvalue weighted by atomic mass is 19.1. The van der Waals surface area contributed by atoms with E-state index in [1.807, 2.05) is 36.4 Å². The highest BCUT2D eigenvalue weighted by Crippen LogP contribution is 2.30. The molecule has 6 heteroatoms. The highest BCUT2D eigenvalue weighted by molar-refractivity contribution is 5.85. The van der Waals surface area contributed by atoms with Gasteiger partial charge in [0.15, 0.2) is 0 Å². The number of likely N-dealkylation sites (tertiary alicyclic amines) is 1. The Hall–Kier alpha value is -2.73. The van der Waals surface area contributed by atoms with Crippen LogP contribution in [0.25, 0.3) is 10.9 Å². The van der Waals surface area contributed by atoms with E-state index in [1.54, 1.807) is 11.0 Å². The number of aromatic amines is 1. The van der Waals surface area contributed by atoms with Crippen molar-refractivity contribution in [2.75, 3.05) is 13.1 Å². The number of nitrogens with one attached hydrogen (secondary N) is 1. The van der Waals surface area contributed by atoms with Crippen LogP contribution in [0.4, 0.5) is 4.39 Å². The molecule has 1 unspecified atom stereocenters. The van der Waals surface area contributed by atoms with Gasteiger partial charge in [-0.05, 0) is 36.5 Å². The molecule has 4 rings (SSSR count). The third-order valence-corrected chi connectivity index (χ3v) is 5.43. The number of carbonyl (C=O) groups excluding carboxylic acids is 1. The first kappa shape index (κ1) is 17.7. The van der Waals surface area contributed by atoms with Crippen molar-refractivity contribution < 1.29 is 9.18 Å². The lowest BCUT2D eigenvalue weighted by Gasteiger charge is -2.33. The second-order valence-corrected chi connectivity index (χ2v) is 7.15. The number of para-hydroxylation sites is 1. The quantitative estimate of drug-likeness (QED) is 0.745. The van der Waals surface area contributed by atoms with E-state index >= 15 is 0 Å². The average Bonchev–Trinajstić information content (AvgIpc) is 3.11. The maximum Gasteiger partial charge on any atom is 0.239 e. The fraction of sp³-hybridized carbons (Fsp3) is 0.333. The number of hydrogen-bond acceptors (Lipinski definition) is 3. The second kappa shape index (κ2) is 7.48. The molecule has 5 nitrogen and oxygen atoms in total. The maximum atomic E-state index is 14.0. The van der Waals surface area contributed by atoms with Crippen LogP contribution in [0.3, 0.4) is 0 Å². The van der Waals surface area contributed by atoms with E-state index in [0.29, 0.717) is 19.5 Å². The molecule has 2 aromatic carbocycles. The number of carbonyl (C=O) groups is 1. The van der Waals surface area contributed by atoms with Crippen LogP contribution in [-0.2, 0) is 11.2 Å². The Morgan fingerprint density at radius 2 is 1.89 bits per heavy atom. The first-order valence-electron chi connectivity index (χ1n) is 9.34. The minimum atomic E-state index is -0.612. The molecule has 1 aliphatic rings. The third kappa shape index (κ3) is 3.57. The van der Waals surface area contributed by atoms with Crippen molar-refractivity contribution in [3.05, 3.63) is 65.6 Å². The molecule has 1 amide bonds. The van der Waals surface area contributed by atoms with Crippen molar-refractivity contribution in [1.82, 2.24) is 15.1 Å². The fourth-order valence-corrected chi connectivity index (χ4v) is 3.93. The van der Waals surface area contributed by atoms with Gasteiger partial charge in [-0.15, -0.1) is 0 Å². The first-order chi connectivity index (χ1) is 13.1. The van der Waals surface area contributed by atoms with Crippen molar-refractivity contribution in [2.24, 2.45) is 5.73 Å². The molecule has 1 aliphatic heterocycles. The van der Waals surface area contributed by atoms with Gasteiger partial charge in [0.25, 0.3) is 0 Å². The number of fused-ring (bicyclic) bond motifs is 1. The van der Waals surface area contributed by atoms with Gasteiger partial charge in [0.1, 0.15) is 5.82 Å². The Labute approximate surface area is 157 Å². The standard InChI is InChI=1S/C21H23FN4O/c22-17-7-3-1-5-15(17)14-9-11-26(12-10-14)21(27)18(23)13-20-16-6-2-4-8-19(16)24-25-20/h1-8,14,18H,9-13,23H2,(H,24,25). The van der Waals surface area contributed by atoms with Crippen LogP contribution in [-0.4, -0.2) is 40.1 Å². The van der Waals surface area contributed by atoms with E-state index in [1.165, 1.54) is 6.07 Å². The number of H-pyrrole nitrogens is 1. The molecule has 140 valence electrons. The molecule has 2 heterocycles. The summed E-state index contributed by atoms with van der Waals surface area (Å²) in [5.74, 6) is -0.0613. The topological polar surface area (TPSA) is 75.0 Å². The summed E-state index contributed by atoms with van der Waals surface area (Å²) in [7, 11) is 0. The van der Waals surface area contributed by atoms with Gasteiger partial charge in [-0.25, -0.2) is 4.39 Å². The summed E-state index contributed by atoms with van der Waals surface area (Å²) in [6.07, 6.45) is 1.94. The molecule has 3 aromatic rings. The van der Waals surface area contributed by atoms with E-state index in [2.05, 4.69) is 10.2 Å². The highest BCUT2D eigenvalue weighted by Gasteiger charge is 2.28. The van der Waals surface area contributed by atoms with Crippen molar-refractivity contribution in [3.8, 4) is 0 Å². The van der Waals surface area contributed by atoms with Crippen LogP contribution in [0.1, 0.15) is 30.0 Å². The minimum Gasteiger partial charge on any atom is -0.341 e. The maximum absolute atomic E-state index is 14.0. The van der Waals surface area contributed by atoms with E-state index in [-0.39, 0.29) is 17.6 Å². The van der Waals surface area contributed by atoms with Crippen LogP contribution in [0.15, 0.2) is 48.5 Å². The largest absolute Gasteiger partial charge is 0.341 e. The van der Waals surface area contributed by atoms with Gasteiger partial charge >= 0.3 is 0 Å². The van der Waals surface area contributed by atoms with Gasteiger partial charge in [0, 0.05) is 30.6 Å². The zero-order chi connectivity index (χ0) is 18.8. The molecule has 0 radical (unpaired) electrons. The van der Waals surface area contributed by atoms with E-state index < -0.39 is 6.04 Å². The third-order valence-electron chi connectivity index (χ3n) is 5.43. The van der Waals surface area contributed by atoms with Crippen LogP contribution in [0.5, 0.6) is 0 Å². The van der Waals surface area contributed by atoms with E-state index in [0.717, 1.165) is 35.0 Å². The fourth-order valence-electron chi connectivity index (χ4n) is 3.93. The molecule has 0 aliphatic carbocycles. The van der Waals surface area contributed by atoms with Crippen molar-refractivity contribution in [1.29, 1.82) is 0 Å². The number of hydrogen-bond donors (Lipinski definition) is 2. The minimum absolute atomic E-state index is 0.0549. The predicted molar refractivity (Wildman–Crippen MR) is 103 cm³/mol. The Morgan fingerprint density at radius 1 is 1.19 bits per heavy atom. The summed E-state index contributed by atoms with van der Waals surface area (Å²) in [6.45, 7) is 1.21. The van der Waals surface area contributed by atoms with Gasteiger partial charge in [0.05, 0.1) is 11.6 Å². The summed E-state index contributed by atoms with van der Waals surface area (Å²) in [5.41, 5.74) is 8.70. The number of benzene rings is 2. The first-order valence-corrected chi connectivity index (χ1v) is 9.34. The lowest BCUT2D eigenvalue weighted by atomic mass is 9.89. The number of amides is 1. The Kier molecular flexibility index (Phi) is 4.90. The predicted octanol–water partition coefficient (Wildman–Crippen LogP) is 2.98. The SMILES string of the molecule is NC(Cc1[nH]nc2ccccc12)C(=O)N1CCC(c2ccccc2F)CC1. The lowest BCUT2D eigenvalue weighted by Crippen LogP contribution is -2.47. The number of aromatic nitrogens is 2. The average molecular weight is 366 g/mol. The molecule has 27 heavy (non-hydrogen) atoms. The number of nitrogens with two attached hydrogens (primary N) is 1. The zero-order valence-corrected chi connectivity index (χ0v) is 15.1. The van der Waals surface area contributed by atoms with Crippen LogP contribution >= 0.6 is 0 Å². The molecule has 3 N–H and O–H groups in total. The Balaban J connectivity index is 1.38.